The van der Waals surface area contributed by atoms with E-state index < -0.39 is 0 Å². The van der Waals surface area contributed by atoms with Crippen molar-refractivity contribution in [1.82, 2.24) is 9.55 Å². The molecule has 6 aromatic rings. The maximum atomic E-state index is 6.48. The fourth-order valence-corrected chi connectivity index (χ4v) is 5.61. The van der Waals surface area contributed by atoms with E-state index in [0.717, 1.165) is 22.4 Å². The molecule has 0 saturated heterocycles. The molecule has 0 unspecified atom stereocenters. The Morgan fingerprint density at radius 1 is 0.714 bits per heavy atom. The van der Waals surface area contributed by atoms with Crippen molar-refractivity contribution in [2.24, 2.45) is 0 Å². The minimum Gasteiger partial charge on any atom is -0.395 e. The third-order valence-electron chi connectivity index (χ3n) is 7.11. The smallest absolute Gasteiger partial charge is 0.112 e. The van der Waals surface area contributed by atoms with Crippen LogP contribution in [0.25, 0.3) is 66.9 Å². The Morgan fingerprint density at radius 2 is 1.43 bits per heavy atom. The van der Waals surface area contributed by atoms with E-state index in [4.69, 9.17) is 5.73 Å². The Bertz CT molecular complexity index is 1770. The molecule has 0 fully saturated rings. The van der Waals surface area contributed by atoms with E-state index in [-0.39, 0.29) is 0 Å². The summed E-state index contributed by atoms with van der Waals surface area (Å²) in [7, 11) is 0. The van der Waals surface area contributed by atoms with Crippen molar-refractivity contribution in [2.75, 3.05) is 5.73 Å². The van der Waals surface area contributed by atoms with Crippen LogP contribution in [0.15, 0.2) is 103 Å². The lowest BCUT2D eigenvalue weighted by atomic mass is 9.94. The number of fused-ring (bicyclic) bond motifs is 4. The van der Waals surface area contributed by atoms with Crippen LogP contribution in [-0.2, 0) is 0 Å². The lowest BCUT2D eigenvalue weighted by Crippen LogP contribution is -1.98. The van der Waals surface area contributed by atoms with Crippen molar-refractivity contribution in [3.63, 3.8) is 0 Å². The number of benzene rings is 4. The van der Waals surface area contributed by atoms with Crippen LogP contribution in [0, 0.1) is 0 Å². The molecule has 35 heavy (non-hydrogen) atoms. The van der Waals surface area contributed by atoms with E-state index in [0.29, 0.717) is 5.69 Å². The number of nitrogen functional groups attached to an aromatic ring is 1. The lowest BCUT2D eigenvalue weighted by Gasteiger charge is -2.12. The molecule has 1 aliphatic carbocycles. The summed E-state index contributed by atoms with van der Waals surface area (Å²) in [6, 6.07) is 32.7. The molecule has 0 atom stereocenters. The van der Waals surface area contributed by atoms with Gasteiger partial charge < -0.3 is 10.3 Å². The van der Waals surface area contributed by atoms with Gasteiger partial charge in [0, 0.05) is 11.9 Å². The zero-order chi connectivity index (χ0) is 23.5. The fourth-order valence-electron chi connectivity index (χ4n) is 5.61. The van der Waals surface area contributed by atoms with Crippen LogP contribution in [0.3, 0.4) is 0 Å². The first kappa shape index (κ1) is 19.8. The summed E-state index contributed by atoms with van der Waals surface area (Å²) in [5.41, 5.74) is 18.8. The van der Waals surface area contributed by atoms with Gasteiger partial charge in [-0.2, -0.15) is 0 Å². The Labute approximate surface area is 203 Å². The molecule has 7 rings (SSSR count). The molecule has 0 radical (unpaired) electrons. The lowest BCUT2D eigenvalue weighted by molar-refractivity contribution is 1.11. The first-order valence-electron chi connectivity index (χ1n) is 11.9. The van der Waals surface area contributed by atoms with Gasteiger partial charge in [0.05, 0.1) is 16.9 Å². The summed E-state index contributed by atoms with van der Waals surface area (Å²) in [4.78, 5) is 4.53. The quantitative estimate of drug-likeness (QED) is 0.296. The highest BCUT2D eigenvalue weighted by molar-refractivity contribution is 6.18. The number of allylic oxidation sites excluding steroid dienone is 1. The van der Waals surface area contributed by atoms with Gasteiger partial charge in [-0.3, -0.25) is 4.98 Å². The molecule has 4 aromatic carbocycles. The first-order chi connectivity index (χ1) is 17.3. The number of pyridine rings is 1. The number of aromatic nitrogens is 2. The molecule has 0 aliphatic heterocycles. The Kier molecular flexibility index (Phi) is 4.21. The van der Waals surface area contributed by atoms with Crippen LogP contribution in [0.2, 0.25) is 0 Å². The van der Waals surface area contributed by atoms with Gasteiger partial charge in [0.25, 0.3) is 0 Å². The van der Waals surface area contributed by atoms with Gasteiger partial charge in [-0.1, -0.05) is 72.8 Å². The van der Waals surface area contributed by atoms with Gasteiger partial charge in [-0.05, 0) is 81.4 Å². The molecular weight excluding hydrogens is 426 g/mol. The zero-order valence-electron chi connectivity index (χ0n) is 19.4. The maximum absolute atomic E-state index is 6.48. The van der Waals surface area contributed by atoms with Gasteiger partial charge in [-0.15, -0.1) is 0 Å². The second-order valence-electron chi connectivity index (χ2n) is 8.99. The topological polar surface area (TPSA) is 43.8 Å². The Hall–Kier alpha value is -4.63. The number of anilines is 1. The van der Waals surface area contributed by atoms with E-state index in [2.05, 4.69) is 94.5 Å². The third-order valence-corrected chi connectivity index (χ3v) is 7.11. The van der Waals surface area contributed by atoms with Crippen molar-refractivity contribution in [3.05, 3.63) is 109 Å². The minimum atomic E-state index is 0.704. The molecule has 3 heteroatoms. The van der Waals surface area contributed by atoms with Gasteiger partial charge in [0.1, 0.15) is 5.52 Å². The van der Waals surface area contributed by atoms with Crippen molar-refractivity contribution >= 4 is 33.6 Å². The number of hydrogen-bond donors (Lipinski definition) is 1. The van der Waals surface area contributed by atoms with Crippen molar-refractivity contribution in [3.8, 4) is 39.1 Å². The Morgan fingerprint density at radius 3 is 2.20 bits per heavy atom. The molecule has 0 amide bonds. The summed E-state index contributed by atoms with van der Waals surface area (Å²) in [5.74, 6) is 0. The second-order valence-corrected chi connectivity index (χ2v) is 8.99. The summed E-state index contributed by atoms with van der Waals surface area (Å²) in [6.45, 7) is 2.01. The molecule has 0 spiro atoms. The zero-order valence-corrected chi connectivity index (χ0v) is 19.4. The third kappa shape index (κ3) is 2.75. The summed E-state index contributed by atoms with van der Waals surface area (Å²) in [5, 5.41) is 2.64. The van der Waals surface area contributed by atoms with Crippen molar-refractivity contribution in [1.29, 1.82) is 0 Å². The second kappa shape index (κ2) is 7.44. The van der Waals surface area contributed by atoms with E-state index in [1.807, 2.05) is 25.1 Å². The van der Waals surface area contributed by atoms with Crippen LogP contribution >= 0.6 is 0 Å². The fraction of sp³-hybridized carbons (Fsp3) is 0.0312. The first-order valence-corrected chi connectivity index (χ1v) is 11.9. The normalized spacial score (nSPS) is 12.1. The summed E-state index contributed by atoms with van der Waals surface area (Å²) >= 11 is 0. The number of hydrogen-bond acceptors (Lipinski definition) is 2. The minimum absolute atomic E-state index is 0.704. The van der Waals surface area contributed by atoms with Crippen molar-refractivity contribution in [2.45, 2.75) is 6.92 Å². The predicted octanol–water partition coefficient (Wildman–Crippen LogP) is 8.11. The summed E-state index contributed by atoms with van der Waals surface area (Å²) < 4.78 is 2.19. The van der Waals surface area contributed by atoms with Crippen LogP contribution in [0.1, 0.15) is 12.6 Å². The highest BCUT2D eigenvalue weighted by atomic mass is 15.0. The van der Waals surface area contributed by atoms with E-state index in [1.165, 1.54) is 44.2 Å². The Balaban J connectivity index is 1.39. The summed E-state index contributed by atoms with van der Waals surface area (Å²) in [6.07, 6.45) is 5.85. The van der Waals surface area contributed by atoms with Crippen LogP contribution < -0.4 is 5.73 Å². The number of nitrogens with two attached hydrogens (primary N) is 1. The number of rotatable bonds is 3. The van der Waals surface area contributed by atoms with Gasteiger partial charge in [-0.25, -0.2) is 0 Å². The average Bonchev–Trinajstić information content (AvgIpc) is 3.39. The van der Waals surface area contributed by atoms with Crippen molar-refractivity contribution < 1.29 is 0 Å². The highest BCUT2D eigenvalue weighted by Crippen LogP contribution is 2.49. The molecule has 3 nitrogen and oxygen atoms in total. The van der Waals surface area contributed by atoms with Gasteiger partial charge in [0.15, 0.2) is 0 Å². The largest absolute Gasteiger partial charge is 0.395 e. The maximum Gasteiger partial charge on any atom is 0.112 e. The SMILES string of the molecule is C/C=C\c1c(N)c2ncccc2n1-c1ccc(-c2ccc3c4c(cccc24)-c2ccccc2-3)cc1. The molecule has 166 valence electrons. The van der Waals surface area contributed by atoms with Gasteiger partial charge in [0.2, 0.25) is 0 Å². The molecular formula is C32H23N3. The van der Waals surface area contributed by atoms with Crippen LogP contribution in [-0.4, -0.2) is 9.55 Å². The molecule has 0 bridgehead atoms. The molecule has 1 aliphatic rings. The molecule has 2 N–H and O–H groups in total. The molecule has 2 aromatic heterocycles. The monoisotopic (exact) mass is 449 g/mol. The van der Waals surface area contributed by atoms with Gasteiger partial charge >= 0.3 is 0 Å². The van der Waals surface area contributed by atoms with E-state index in [9.17, 15) is 0 Å². The average molecular weight is 450 g/mol. The molecule has 2 heterocycles. The standard InChI is InChI=1S/C32H23N3/c1-2-7-28-31(33)32-29(12-6-19-34-32)35(28)21-15-13-20(14-16-21)22-17-18-27-24-9-4-3-8-23(24)26-11-5-10-25(22)30(26)27/h2-19H,33H2,1H3/b7-2-. The van der Waals surface area contributed by atoms with E-state index in [1.54, 1.807) is 6.20 Å². The number of nitrogens with zero attached hydrogens (tertiary/aromatic N) is 2. The molecule has 0 saturated carbocycles. The highest BCUT2D eigenvalue weighted by Gasteiger charge is 2.22. The predicted molar refractivity (Wildman–Crippen MR) is 148 cm³/mol. The van der Waals surface area contributed by atoms with Crippen LogP contribution in [0.4, 0.5) is 5.69 Å². The van der Waals surface area contributed by atoms with Crippen LogP contribution in [0.5, 0.6) is 0 Å². The van der Waals surface area contributed by atoms with E-state index >= 15 is 0 Å².